The number of hydrogen-bond donors (Lipinski definition) is 2. The number of hydrogen-bond acceptors (Lipinski definition) is 5. The second-order valence-corrected chi connectivity index (χ2v) is 5.43. The van der Waals surface area contributed by atoms with Crippen molar-refractivity contribution in [2.24, 2.45) is 0 Å². The third-order valence-corrected chi connectivity index (χ3v) is 3.93. The van der Waals surface area contributed by atoms with E-state index in [4.69, 9.17) is 5.73 Å². The number of nitrogens with zero attached hydrogens (tertiary/aromatic N) is 3. The Hall–Kier alpha value is -2.08. The molecule has 0 spiro atoms. The van der Waals surface area contributed by atoms with Gasteiger partial charge in [-0.1, -0.05) is 25.5 Å². The van der Waals surface area contributed by atoms with E-state index in [0.717, 1.165) is 39.6 Å². The summed E-state index contributed by atoms with van der Waals surface area (Å²) in [5.41, 5.74) is 8.92. The van der Waals surface area contributed by atoms with Crippen molar-refractivity contribution in [2.45, 2.75) is 29.9 Å². The Labute approximate surface area is 121 Å². The Bertz CT molecular complexity index is 704. The van der Waals surface area contributed by atoms with Crippen LogP contribution in [0, 0.1) is 0 Å². The van der Waals surface area contributed by atoms with Crippen molar-refractivity contribution < 1.29 is 0 Å². The molecule has 0 fully saturated rings. The summed E-state index contributed by atoms with van der Waals surface area (Å²) in [6.45, 7) is 2.11. The number of benzene rings is 1. The minimum absolute atomic E-state index is 0.556. The Kier molecular flexibility index (Phi) is 3.56. The molecule has 0 atom stereocenters. The Morgan fingerprint density at radius 2 is 2.10 bits per heavy atom. The third kappa shape index (κ3) is 2.46. The molecule has 3 aromatic rings. The van der Waals surface area contributed by atoms with Crippen LogP contribution in [-0.2, 0) is 6.42 Å². The first kappa shape index (κ1) is 12.9. The summed E-state index contributed by atoms with van der Waals surface area (Å²) in [5, 5.41) is 1.69. The van der Waals surface area contributed by atoms with Gasteiger partial charge in [0.1, 0.15) is 17.2 Å². The summed E-state index contributed by atoms with van der Waals surface area (Å²) in [6, 6.07) is 7.95. The van der Waals surface area contributed by atoms with Crippen LogP contribution < -0.4 is 5.73 Å². The fourth-order valence-electron chi connectivity index (χ4n) is 2.05. The number of rotatable bonds is 4. The minimum atomic E-state index is 0.556. The number of fused-ring (bicyclic) bond motifs is 1. The molecule has 102 valence electrons. The predicted octanol–water partition coefficient (Wildman–Crippen LogP) is 3.04. The van der Waals surface area contributed by atoms with Gasteiger partial charge in [-0.25, -0.2) is 15.0 Å². The van der Waals surface area contributed by atoms with Crippen molar-refractivity contribution in [3.63, 3.8) is 0 Å². The van der Waals surface area contributed by atoms with Gasteiger partial charge in [-0.3, -0.25) is 0 Å². The topological polar surface area (TPSA) is 80.5 Å². The number of aromatic nitrogens is 4. The number of anilines is 1. The molecule has 2 heterocycles. The molecular formula is C14H15N5S. The molecule has 0 saturated carbocycles. The largest absolute Gasteiger partial charge is 0.383 e. The highest BCUT2D eigenvalue weighted by atomic mass is 32.2. The van der Waals surface area contributed by atoms with Crippen LogP contribution in [-0.4, -0.2) is 19.9 Å². The summed E-state index contributed by atoms with van der Waals surface area (Å²) in [7, 11) is 0. The second-order valence-electron chi connectivity index (χ2n) is 4.45. The van der Waals surface area contributed by atoms with E-state index in [1.54, 1.807) is 0 Å². The molecule has 3 rings (SSSR count). The summed E-state index contributed by atoms with van der Waals surface area (Å²) >= 11 is 1.50. The van der Waals surface area contributed by atoms with E-state index < -0.39 is 0 Å². The average Bonchev–Trinajstić information content (AvgIpc) is 2.85. The Morgan fingerprint density at radius 1 is 1.25 bits per heavy atom. The SMILES string of the molecule is CCCc1c(N)ncnc1Sc1nc2ccccc2[nH]1. The number of nitrogens with one attached hydrogen (secondary N) is 1. The molecule has 0 saturated heterocycles. The molecule has 0 aliphatic carbocycles. The Balaban J connectivity index is 1.96. The molecule has 0 unspecified atom stereocenters. The zero-order valence-corrected chi connectivity index (χ0v) is 11.9. The number of aromatic amines is 1. The number of H-pyrrole nitrogens is 1. The molecule has 6 heteroatoms. The summed E-state index contributed by atoms with van der Waals surface area (Å²) < 4.78 is 0. The predicted molar refractivity (Wildman–Crippen MR) is 80.7 cm³/mol. The lowest BCUT2D eigenvalue weighted by Crippen LogP contribution is -2.01. The van der Waals surface area contributed by atoms with E-state index in [9.17, 15) is 0 Å². The Morgan fingerprint density at radius 3 is 2.90 bits per heavy atom. The fourth-order valence-corrected chi connectivity index (χ4v) is 2.97. The maximum Gasteiger partial charge on any atom is 0.172 e. The zero-order chi connectivity index (χ0) is 13.9. The summed E-state index contributed by atoms with van der Waals surface area (Å²) in [6.07, 6.45) is 3.37. The molecular weight excluding hydrogens is 270 g/mol. The standard InChI is InChI=1S/C14H15N5S/c1-2-5-9-12(15)16-8-17-13(9)20-14-18-10-6-3-4-7-11(10)19-14/h3-4,6-8H,2,5H2,1H3,(H,18,19)(H2,15,16,17). The van der Waals surface area contributed by atoms with E-state index >= 15 is 0 Å². The molecule has 3 N–H and O–H groups in total. The van der Waals surface area contributed by atoms with Gasteiger partial charge >= 0.3 is 0 Å². The van der Waals surface area contributed by atoms with E-state index in [1.807, 2.05) is 24.3 Å². The van der Waals surface area contributed by atoms with Gasteiger partial charge in [0.25, 0.3) is 0 Å². The smallest absolute Gasteiger partial charge is 0.172 e. The van der Waals surface area contributed by atoms with Crippen LogP contribution in [0.2, 0.25) is 0 Å². The van der Waals surface area contributed by atoms with Gasteiger partial charge in [-0.2, -0.15) is 0 Å². The van der Waals surface area contributed by atoms with Crippen LogP contribution in [0.25, 0.3) is 11.0 Å². The summed E-state index contributed by atoms with van der Waals surface area (Å²) in [5.74, 6) is 0.556. The molecule has 20 heavy (non-hydrogen) atoms. The van der Waals surface area contributed by atoms with Crippen LogP contribution in [0.15, 0.2) is 40.8 Å². The highest BCUT2D eigenvalue weighted by Gasteiger charge is 2.12. The average molecular weight is 285 g/mol. The van der Waals surface area contributed by atoms with Gasteiger partial charge in [-0.05, 0) is 30.3 Å². The molecule has 1 aromatic carbocycles. The van der Waals surface area contributed by atoms with E-state index in [2.05, 4.69) is 26.9 Å². The van der Waals surface area contributed by atoms with E-state index in [0.29, 0.717) is 5.82 Å². The van der Waals surface area contributed by atoms with E-state index in [-0.39, 0.29) is 0 Å². The fraction of sp³-hybridized carbons (Fsp3) is 0.214. The molecule has 0 amide bonds. The lowest BCUT2D eigenvalue weighted by Gasteiger charge is -2.07. The van der Waals surface area contributed by atoms with Gasteiger partial charge in [0.15, 0.2) is 5.16 Å². The lowest BCUT2D eigenvalue weighted by atomic mass is 10.2. The van der Waals surface area contributed by atoms with Gasteiger partial charge in [0.05, 0.1) is 11.0 Å². The normalized spacial score (nSPS) is 11.1. The first-order valence-corrected chi connectivity index (χ1v) is 7.31. The quantitative estimate of drug-likeness (QED) is 0.720. The molecule has 0 aliphatic rings. The highest BCUT2D eigenvalue weighted by molar-refractivity contribution is 7.99. The maximum atomic E-state index is 5.94. The summed E-state index contributed by atoms with van der Waals surface area (Å²) in [4.78, 5) is 16.2. The number of nitrogen functional groups attached to an aromatic ring is 1. The van der Waals surface area contributed by atoms with Crippen LogP contribution >= 0.6 is 11.8 Å². The lowest BCUT2D eigenvalue weighted by molar-refractivity contribution is 0.860. The zero-order valence-electron chi connectivity index (χ0n) is 11.1. The van der Waals surface area contributed by atoms with Crippen LogP contribution in [0.5, 0.6) is 0 Å². The molecule has 0 aliphatic heterocycles. The molecule has 2 aromatic heterocycles. The van der Waals surface area contributed by atoms with Crippen molar-refractivity contribution in [1.29, 1.82) is 0 Å². The van der Waals surface area contributed by atoms with Crippen molar-refractivity contribution in [2.75, 3.05) is 5.73 Å². The van der Waals surface area contributed by atoms with Crippen LogP contribution in [0.4, 0.5) is 5.82 Å². The molecule has 5 nitrogen and oxygen atoms in total. The van der Waals surface area contributed by atoms with E-state index in [1.165, 1.54) is 18.1 Å². The first-order valence-electron chi connectivity index (χ1n) is 6.50. The van der Waals surface area contributed by atoms with Gasteiger partial charge < -0.3 is 10.7 Å². The van der Waals surface area contributed by atoms with Crippen molar-refractivity contribution in [3.05, 3.63) is 36.2 Å². The maximum absolute atomic E-state index is 5.94. The van der Waals surface area contributed by atoms with Gasteiger partial charge in [-0.15, -0.1) is 0 Å². The van der Waals surface area contributed by atoms with Gasteiger partial charge in [0, 0.05) is 5.56 Å². The van der Waals surface area contributed by atoms with Crippen LogP contribution in [0.3, 0.4) is 0 Å². The first-order chi connectivity index (χ1) is 9.78. The van der Waals surface area contributed by atoms with Crippen LogP contribution in [0.1, 0.15) is 18.9 Å². The van der Waals surface area contributed by atoms with Crippen molar-refractivity contribution in [3.8, 4) is 0 Å². The highest BCUT2D eigenvalue weighted by Crippen LogP contribution is 2.30. The third-order valence-electron chi connectivity index (χ3n) is 3.00. The molecule has 0 bridgehead atoms. The van der Waals surface area contributed by atoms with Gasteiger partial charge in [0.2, 0.25) is 0 Å². The second kappa shape index (κ2) is 5.50. The number of para-hydroxylation sites is 2. The molecule has 0 radical (unpaired) electrons. The number of imidazole rings is 1. The number of nitrogens with two attached hydrogens (primary N) is 1. The monoisotopic (exact) mass is 285 g/mol. The minimum Gasteiger partial charge on any atom is -0.383 e. The van der Waals surface area contributed by atoms with Crippen molar-refractivity contribution >= 4 is 28.6 Å². The van der Waals surface area contributed by atoms with Crippen molar-refractivity contribution in [1.82, 2.24) is 19.9 Å².